The maximum atomic E-state index is 4.95. The minimum atomic E-state index is 0.398. The van der Waals surface area contributed by atoms with E-state index in [1.165, 1.54) is 38.9 Å². The van der Waals surface area contributed by atoms with Gasteiger partial charge in [-0.2, -0.15) is 0 Å². The second-order valence-corrected chi connectivity index (χ2v) is 10.1. The summed E-state index contributed by atoms with van der Waals surface area (Å²) in [5.74, 6) is 2.90. The molecule has 0 unspecified atom stereocenters. The Balaban J connectivity index is 1.33. The van der Waals surface area contributed by atoms with E-state index in [2.05, 4.69) is 97.2 Å². The van der Waals surface area contributed by atoms with Crippen molar-refractivity contribution in [2.45, 2.75) is 52.4 Å². The van der Waals surface area contributed by atoms with E-state index < -0.39 is 0 Å². The minimum absolute atomic E-state index is 0.398. The van der Waals surface area contributed by atoms with E-state index >= 15 is 0 Å². The number of nitrogens with one attached hydrogen (secondary N) is 2. The lowest BCUT2D eigenvalue weighted by Gasteiger charge is -2.21. The normalized spacial score (nSPS) is 13.0. The Bertz CT molecular complexity index is 1500. The Labute approximate surface area is 200 Å². The molecule has 0 saturated heterocycles. The van der Waals surface area contributed by atoms with Gasteiger partial charge in [-0.3, -0.25) is 0 Å². The molecule has 4 nitrogen and oxygen atoms in total. The molecule has 0 bridgehead atoms. The first-order valence-corrected chi connectivity index (χ1v) is 12.3. The van der Waals surface area contributed by atoms with Crippen molar-refractivity contribution in [2.75, 3.05) is 0 Å². The summed E-state index contributed by atoms with van der Waals surface area (Å²) in [6.45, 7) is 8.68. The van der Waals surface area contributed by atoms with Gasteiger partial charge in [-0.15, -0.1) is 0 Å². The van der Waals surface area contributed by atoms with Crippen LogP contribution in [0, 0.1) is 0 Å². The smallest absolute Gasteiger partial charge is 0.109 e. The molecule has 5 aromatic rings. The van der Waals surface area contributed by atoms with Crippen LogP contribution in [0.3, 0.4) is 0 Å². The fraction of sp³-hybridized carbons (Fsp3) is 0.267. The first kappa shape index (κ1) is 20.9. The largest absolute Gasteiger partial charge is 0.342 e. The number of hydrogen-bond donors (Lipinski definition) is 2. The maximum Gasteiger partial charge on any atom is 0.109 e. The van der Waals surface area contributed by atoms with E-state index in [0.717, 1.165) is 41.2 Å². The van der Waals surface area contributed by atoms with Gasteiger partial charge in [-0.05, 0) is 57.9 Å². The zero-order valence-corrected chi connectivity index (χ0v) is 20.2. The van der Waals surface area contributed by atoms with Crippen molar-refractivity contribution in [3.63, 3.8) is 0 Å². The van der Waals surface area contributed by atoms with Crippen LogP contribution in [0.15, 0.2) is 60.8 Å². The molecule has 0 aliphatic heterocycles. The van der Waals surface area contributed by atoms with E-state index in [-0.39, 0.29) is 0 Å². The third kappa shape index (κ3) is 3.45. The third-order valence-electron chi connectivity index (χ3n) is 7.04. The summed E-state index contributed by atoms with van der Waals surface area (Å²) in [6, 6.07) is 20.2. The lowest BCUT2D eigenvalue weighted by Crippen LogP contribution is -2.05. The van der Waals surface area contributed by atoms with Crippen LogP contribution >= 0.6 is 0 Å². The van der Waals surface area contributed by atoms with Gasteiger partial charge in [-0.1, -0.05) is 76.2 Å². The van der Waals surface area contributed by atoms with Gasteiger partial charge in [0.05, 0.1) is 22.9 Å². The predicted octanol–water partition coefficient (Wildman–Crippen LogP) is 7.63. The number of rotatable bonds is 4. The lowest BCUT2D eigenvalue weighted by molar-refractivity contribution is 0.795. The van der Waals surface area contributed by atoms with Crippen LogP contribution in [0.2, 0.25) is 0 Å². The molecule has 2 heterocycles. The van der Waals surface area contributed by atoms with Crippen molar-refractivity contribution in [1.82, 2.24) is 19.9 Å². The molecule has 0 radical (unpaired) electrons. The molecule has 2 N–H and O–H groups in total. The molecule has 3 aromatic carbocycles. The molecule has 2 aromatic heterocycles. The highest BCUT2D eigenvalue weighted by Gasteiger charge is 2.21. The minimum Gasteiger partial charge on any atom is -0.342 e. The molecule has 0 atom stereocenters. The van der Waals surface area contributed by atoms with Crippen molar-refractivity contribution in [2.24, 2.45) is 0 Å². The van der Waals surface area contributed by atoms with Crippen LogP contribution in [0.25, 0.3) is 44.5 Å². The summed E-state index contributed by atoms with van der Waals surface area (Å²) in [7, 11) is 0. The number of fused-ring (bicyclic) bond motifs is 5. The zero-order chi connectivity index (χ0) is 23.4. The highest BCUT2D eigenvalue weighted by Crippen LogP contribution is 2.39. The highest BCUT2D eigenvalue weighted by atomic mass is 14.9. The zero-order valence-electron chi connectivity index (χ0n) is 20.2. The van der Waals surface area contributed by atoms with Gasteiger partial charge < -0.3 is 9.97 Å². The second-order valence-electron chi connectivity index (χ2n) is 10.1. The van der Waals surface area contributed by atoms with Crippen LogP contribution in [0.5, 0.6) is 0 Å². The standard InChI is InChI=1S/C30H30N4/c1-17(2)29-31-16-27(33-29)20-7-5-19(6-8-20)21-9-11-23-22(15-21)10-12-25-24(23)13-14-26-28(25)34-30(32-26)18(3)4/h5-9,11,13-18H,10,12H2,1-4H3,(H,31,33)(H,32,34). The van der Waals surface area contributed by atoms with Crippen LogP contribution in [-0.4, -0.2) is 19.9 Å². The molecule has 34 heavy (non-hydrogen) atoms. The van der Waals surface area contributed by atoms with Crippen LogP contribution < -0.4 is 0 Å². The van der Waals surface area contributed by atoms with Crippen LogP contribution in [-0.2, 0) is 12.8 Å². The molecule has 0 amide bonds. The van der Waals surface area contributed by atoms with Gasteiger partial charge >= 0.3 is 0 Å². The molecular formula is C30H30N4. The van der Waals surface area contributed by atoms with E-state index in [0.29, 0.717) is 11.8 Å². The van der Waals surface area contributed by atoms with E-state index in [1.807, 2.05) is 6.20 Å². The summed E-state index contributed by atoms with van der Waals surface area (Å²) in [5, 5.41) is 0. The fourth-order valence-corrected chi connectivity index (χ4v) is 5.05. The summed E-state index contributed by atoms with van der Waals surface area (Å²) < 4.78 is 0. The van der Waals surface area contributed by atoms with Gasteiger partial charge in [0, 0.05) is 11.8 Å². The van der Waals surface area contributed by atoms with Crippen LogP contribution in [0.4, 0.5) is 0 Å². The van der Waals surface area contributed by atoms with Crippen molar-refractivity contribution in [1.29, 1.82) is 0 Å². The Kier molecular flexibility index (Phi) is 4.91. The van der Waals surface area contributed by atoms with E-state index in [1.54, 1.807) is 0 Å². The van der Waals surface area contributed by atoms with Crippen molar-refractivity contribution >= 4 is 11.0 Å². The summed E-state index contributed by atoms with van der Waals surface area (Å²) >= 11 is 0. The monoisotopic (exact) mass is 446 g/mol. The Morgan fingerprint density at radius 3 is 2.15 bits per heavy atom. The fourth-order valence-electron chi connectivity index (χ4n) is 5.05. The Morgan fingerprint density at radius 1 is 0.706 bits per heavy atom. The molecule has 4 heteroatoms. The van der Waals surface area contributed by atoms with Crippen LogP contribution in [0.1, 0.15) is 62.3 Å². The SMILES string of the molecule is CC(C)c1ncc(-c2ccc(-c3ccc4c(c3)CCc3c-4ccc4[nH]c(C(C)C)nc34)cc2)[nH]1. The highest BCUT2D eigenvalue weighted by molar-refractivity contribution is 5.90. The first-order valence-electron chi connectivity index (χ1n) is 12.3. The molecular weight excluding hydrogens is 416 g/mol. The van der Waals surface area contributed by atoms with E-state index in [9.17, 15) is 0 Å². The van der Waals surface area contributed by atoms with Crippen molar-refractivity contribution in [3.05, 3.63) is 83.6 Å². The van der Waals surface area contributed by atoms with Crippen molar-refractivity contribution in [3.8, 4) is 33.5 Å². The van der Waals surface area contributed by atoms with Crippen molar-refractivity contribution < 1.29 is 0 Å². The molecule has 6 rings (SSSR count). The predicted molar refractivity (Wildman–Crippen MR) is 140 cm³/mol. The lowest BCUT2D eigenvalue weighted by atomic mass is 9.83. The summed E-state index contributed by atoms with van der Waals surface area (Å²) in [4.78, 5) is 16.4. The number of hydrogen-bond acceptors (Lipinski definition) is 2. The second kappa shape index (κ2) is 7.98. The topological polar surface area (TPSA) is 57.4 Å². The summed E-state index contributed by atoms with van der Waals surface area (Å²) in [5.41, 5.74) is 12.5. The van der Waals surface area contributed by atoms with Gasteiger partial charge in [0.1, 0.15) is 11.6 Å². The number of imidazole rings is 2. The number of aryl methyl sites for hydroxylation is 2. The average molecular weight is 447 g/mol. The number of aromatic nitrogens is 4. The molecule has 0 fully saturated rings. The summed E-state index contributed by atoms with van der Waals surface area (Å²) in [6.07, 6.45) is 4.01. The number of nitrogens with zero attached hydrogens (tertiary/aromatic N) is 2. The molecule has 0 spiro atoms. The Hall–Kier alpha value is -3.66. The number of aromatic amines is 2. The van der Waals surface area contributed by atoms with Gasteiger partial charge in [0.25, 0.3) is 0 Å². The van der Waals surface area contributed by atoms with Gasteiger partial charge in [-0.25, -0.2) is 9.97 Å². The third-order valence-corrected chi connectivity index (χ3v) is 7.04. The number of benzene rings is 3. The van der Waals surface area contributed by atoms with E-state index in [4.69, 9.17) is 4.98 Å². The molecule has 1 aliphatic carbocycles. The van der Waals surface area contributed by atoms with Gasteiger partial charge in [0.2, 0.25) is 0 Å². The molecule has 1 aliphatic rings. The van der Waals surface area contributed by atoms with Gasteiger partial charge in [0.15, 0.2) is 0 Å². The quantitative estimate of drug-likeness (QED) is 0.298. The Morgan fingerprint density at radius 2 is 1.41 bits per heavy atom. The number of H-pyrrole nitrogens is 2. The average Bonchev–Trinajstić information content (AvgIpc) is 3.51. The first-order chi connectivity index (χ1) is 16.5. The molecule has 170 valence electrons. The maximum absolute atomic E-state index is 4.95. The molecule has 0 saturated carbocycles.